The van der Waals surface area contributed by atoms with Crippen molar-refractivity contribution in [2.75, 3.05) is 0 Å². The van der Waals surface area contributed by atoms with Crippen LogP contribution in [0.25, 0.3) is 0 Å². The van der Waals surface area contributed by atoms with Gasteiger partial charge in [0.25, 0.3) is 0 Å². The molecule has 0 saturated heterocycles. The molecule has 0 saturated carbocycles. The van der Waals surface area contributed by atoms with Gasteiger partial charge in [-0.2, -0.15) is 0 Å². The molecule has 19 heavy (non-hydrogen) atoms. The second-order valence-corrected chi connectivity index (χ2v) is 4.24. The first-order valence-corrected chi connectivity index (χ1v) is 6.06. The Kier molecular flexibility index (Phi) is 4.53. The van der Waals surface area contributed by atoms with Crippen LogP contribution >= 0.6 is 0 Å². The highest BCUT2D eigenvalue weighted by Gasteiger charge is 2.09. The van der Waals surface area contributed by atoms with E-state index >= 15 is 0 Å². The number of nitrogens with zero attached hydrogens (tertiary/aromatic N) is 1. The molecular formula is C15H16N2O2. The maximum absolute atomic E-state index is 10.8. The van der Waals surface area contributed by atoms with Crippen molar-refractivity contribution >= 4 is 6.09 Å². The van der Waals surface area contributed by atoms with Crippen LogP contribution in [0.3, 0.4) is 0 Å². The lowest BCUT2D eigenvalue weighted by atomic mass is 10.2. The third-order valence-corrected chi connectivity index (χ3v) is 2.69. The van der Waals surface area contributed by atoms with Gasteiger partial charge < -0.3 is 5.11 Å². The van der Waals surface area contributed by atoms with E-state index in [0.29, 0.717) is 13.1 Å². The third kappa shape index (κ3) is 4.44. The summed E-state index contributed by atoms with van der Waals surface area (Å²) in [6, 6.07) is 19.5. The number of carboxylic acid groups (broad SMARTS) is 1. The first-order chi connectivity index (χ1) is 9.24. The Hall–Kier alpha value is -2.33. The minimum Gasteiger partial charge on any atom is -0.464 e. The number of hydrogen-bond donors (Lipinski definition) is 2. The standard InChI is InChI=1S/C15H16N2O2/c18-15(19)16-17(11-13-7-3-1-4-8-13)12-14-9-5-2-6-10-14/h1-10,16H,11-12H2,(H,18,19). The summed E-state index contributed by atoms with van der Waals surface area (Å²) in [5.41, 5.74) is 4.55. The molecule has 2 aromatic rings. The van der Waals surface area contributed by atoms with E-state index in [1.807, 2.05) is 60.7 Å². The predicted molar refractivity (Wildman–Crippen MR) is 73.3 cm³/mol. The van der Waals surface area contributed by atoms with Crippen molar-refractivity contribution in [2.45, 2.75) is 13.1 Å². The zero-order chi connectivity index (χ0) is 13.5. The van der Waals surface area contributed by atoms with Crippen LogP contribution in [-0.2, 0) is 13.1 Å². The Bertz CT molecular complexity index is 473. The summed E-state index contributed by atoms with van der Waals surface area (Å²) in [6.45, 7) is 1.06. The molecule has 4 nitrogen and oxygen atoms in total. The molecule has 4 heteroatoms. The van der Waals surface area contributed by atoms with Gasteiger partial charge in [-0.3, -0.25) is 5.43 Å². The maximum Gasteiger partial charge on any atom is 0.419 e. The molecule has 0 spiro atoms. The topological polar surface area (TPSA) is 52.6 Å². The largest absolute Gasteiger partial charge is 0.464 e. The Morgan fingerprint density at radius 2 is 1.32 bits per heavy atom. The van der Waals surface area contributed by atoms with E-state index in [1.165, 1.54) is 0 Å². The molecule has 0 aliphatic heterocycles. The average molecular weight is 256 g/mol. The molecule has 98 valence electrons. The summed E-state index contributed by atoms with van der Waals surface area (Å²) >= 11 is 0. The van der Waals surface area contributed by atoms with Crippen molar-refractivity contribution in [3.05, 3.63) is 71.8 Å². The third-order valence-electron chi connectivity index (χ3n) is 2.69. The lowest BCUT2D eigenvalue weighted by molar-refractivity contribution is 0.130. The van der Waals surface area contributed by atoms with Gasteiger partial charge >= 0.3 is 6.09 Å². The second-order valence-electron chi connectivity index (χ2n) is 4.24. The molecule has 0 fully saturated rings. The van der Waals surface area contributed by atoms with Crippen molar-refractivity contribution in [1.29, 1.82) is 0 Å². The first-order valence-electron chi connectivity index (χ1n) is 6.06. The van der Waals surface area contributed by atoms with E-state index in [1.54, 1.807) is 5.01 Å². The minimum atomic E-state index is -1.05. The van der Waals surface area contributed by atoms with Gasteiger partial charge in [-0.05, 0) is 11.1 Å². The molecule has 0 unspecified atom stereocenters. The number of hydrazine groups is 1. The van der Waals surface area contributed by atoms with E-state index in [9.17, 15) is 4.79 Å². The highest BCUT2D eigenvalue weighted by Crippen LogP contribution is 2.07. The maximum atomic E-state index is 10.8. The Morgan fingerprint density at radius 1 is 0.895 bits per heavy atom. The molecule has 0 atom stereocenters. The van der Waals surface area contributed by atoms with E-state index in [2.05, 4.69) is 5.43 Å². The number of carbonyl (C=O) groups is 1. The van der Waals surface area contributed by atoms with Gasteiger partial charge in [-0.1, -0.05) is 60.7 Å². The smallest absolute Gasteiger partial charge is 0.419 e. The van der Waals surface area contributed by atoms with Crippen LogP contribution in [-0.4, -0.2) is 16.2 Å². The molecule has 0 radical (unpaired) electrons. The minimum absolute atomic E-state index is 0.530. The zero-order valence-corrected chi connectivity index (χ0v) is 10.5. The molecule has 1 amide bonds. The average Bonchev–Trinajstić information content (AvgIpc) is 2.40. The molecule has 2 aromatic carbocycles. The predicted octanol–water partition coefficient (Wildman–Crippen LogP) is 2.87. The number of hydrogen-bond acceptors (Lipinski definition) is 2. The van der Waals surface area contributed by atoms with Gasteiger partial charge in [0.05, 0.1) is 0 Å². The molecule has 0 aliphatic carbocycles. The number of nitrogens with one attached hydrogen (secondary N) is 1. The van der Waals surface area contributed by atoms with E-state index in [0.717, 1.165) is 11.1 Å². The summed E-state index contributed by atoms with van der Waals surface area (Å²) in [6.07, 6.45) is -1.05. The zero-order valence-electron chi connectivity index (χ0n) is 10.5. The quantitative estimate of drug-likeness (QED) is 0.809. The van der Waals surface area contributed by atoms with Crippen molar-refractivity contribution in [1.82, 2.24) is 10.4 Å². The Balaban J connectivity index is 2.06. The fraction of sp³-hybridized carbons (Fsp3) is 0.133. The summed E-state index contributed by atoms with van der Waals surface area (Å²) in [4.78, 5) is 10.8. The first kappa shape index (κ1) is 13.1. The monoisotopic (exact) mass is 256 g/mol. The van der Waals surface area contributed by atoms with Crippen LogP contribution < -0.4 is 5.43 Å². The number of benzene rings is 2. The van der Waals surface area contributed by atoms with Gasteiger partial charge in [-0.25, -0.2) is 9.80 Å². The molecule has 0 heterocycles. The van der Waals surface area contributed by atoms with E-state index < -0.39 is 6.09 Å². The van der Waals surface area contributed by atoms with E-state index in [-0.39, 0.29) is 0 Å². The molecule has 0 aromatic heterocycles. The number of amides is 1. The van der Waals surface area contributed by atoms with Gasteiger partial charge in [0.2, 0.25) is 0 Å². The van der Waals surface area contributed by atoms with Crippen LogP contribution in [0.1, 0.15) is 11.1 Å². The van der Waals surface area contributed by atoms with Gasteiger partial charge in [0.15, 0.2) is 0 Å². The molecule has 0 aliphatic rings. The summed E-state index contributed by atoms with van der Waals surface area (Å²) in [5.74, 6) is 0. The van der Waals surface area contributed by atoms with Crippen molar-refractivity contribution in [2.24, 2.45) is 0 Å². The fourth-order valence-corrected chi connectivity index (χ4v) is 1.88. The molecular weight excluding hydrogens is 240 g/mol. The summed E-state index contributed by atoms with van der Waals surface area (Å²) in [5, 5.41) is 10.6. The Labute approximate surface area is 112 Å². The summed E-state index contributed by atoms with van der Waals surface area (Å²) < 4.78 is 0. The van der Waals surface area contributed by atoms with E-state index in [4.69, 9.17) is 5.11 Å². The Morgan fingerprint density at radius 3 is 1.68 bits per heavy atom. The van der Waals surface area contributed by atoms with Crippen LogP contribution in [0, 0.1) is 0 Å². The van der Waals surface area contributed by atoms with Crippen LogP contribution in [0.15, 0.2) is 60.7 Å². The molecule has 0 bridgehead atoms. The fourth-order valence-electron chi connectivity index (χ4n) is 1.88. The van der Waals surface area contributed by atoms with Crippen LogP contribution in [0.2, 0.25) is 0 Å². The van der Waals surface area contributed by atoms with Crippen LogP contribution in [0.5, 0.6) is 0 Å². The molecule has 2 N–H and O–H groups in total. The van der Waals surface area contributed by atoms with Crippen LogP contribution in [0.4, 0.5) is 4.79 Å². The van der Waals surface area contributed by atoms with Gasteiger partial charge in [0, 0.05) is 13.1 Å². The normalized spacial score (nSPS) is 10.4. The van der Waals surface area contributed by atoms with Gasteiger partial charge in [0.1, 0.15) is 0 Å². The lowest BCUT2D eigenvalue weighted by Gasteiger charge is -2.21. The molecule has 2 rings (SSSR count). The SMILES string of the molecule is O=C(O)NN(Cc1ccccc1)Cc1ccccc1. The van der Waals surface area contributed by atoms with Crippen molar-refractivity contribution < 1.29 is 9.90 Å². The van der Waals surface area contributed by atoms with Gasteiger partial charge in [-0.15, -0.1) is 0 Å². The van der Waals surface area contributed by atoms with Crippen molar-refractivity contribution in [3.63, 3.8) is 0 Å². The summed E-state index contributed by atoms with van der Waals surface area (Å²) in [7, 11) is 0. The number of rotatable bonds is 5. The van der Waals surface area contributed by atoms with Crippen molar-refractivity contribution in [3.8, 4) is 0 Å². The highest BCUT2D eigenvalue weighted by atomic mass is 16.4. The highest BCUT2D eigenvalue weighted by molar-refractivity contribution is 5.63. The second kappa shape index (κ2) is 6.56. The lowest BCUT2D eigenvalue weighted by Crippen LogP contribution is -2.40.